The summed E-state index contributed by atoms with van der Waals surface area (Å²) < 4.78 is 24.1. The highest BCUT2D eigenvalue weighted by atomic mass is 35.5. The molecule has 3 aliphatic rings. The van der Waals surface area contributed by atoms with Gasteiger partial charge < -0.3 is 23.8 Å². The molecule has 2 bridgehead atoms. The molecule has 2 aliphatic carbocycles. The van der Waals surface area contributed by atoms with Crippen molar-refractivity contribution in [1.82, 2.24) is 5.16 Å². The second-order valence-corrected chi connectivity index (χ2v) is 10.1. The first-order valence-corrected chi connectivity index (χ1v) is 11.6. The van der Waals surface area contributed by atoms with E-state index in [0.29, 0.717) is 57.7 Å². The number of ether oxygens (including phenoxy) is 3. The summed E-state index contributed by atoms with van der Waals surface area (Å²) in [4.78, 5) is 0. The van der Waals surface area contributed by atoms with Crippen LogP contribution in [-0.4, -0.2) is 35.4 Å². The predicted molar refractivity (Wildman–Crippen MR) is 116 cm³/mol. The molecule has 31 heavy (non-hydrogen) atoms. The van der Waals surface area contributed by atoms with Crippen LogP contribution in [0.15, 0.2) is 22.7 Å². The van der Waals surface area contributed by atoms with E-state index in [9.17, 15) is 5.11 Å². The Kier molecular flexibility index (Phi) is 5.60. The number of halogens is 2. The number of hydrogen-bond acceptors (Lipinski definition) is 6. The number of aromatic nitrogens is 1. The zero-order valence-electron chi connectivity index (χ0n) is 17.7. The fourth-order valence-electron chi connectivity index (χ4n) is 5.53. The fourth-order valence-corrected chi connectivity index (χ4v) is 6.11. The van der Waals surface area contributed by atoms with Crippen LogP contribution in [0.5, 0.6) is 0 Å². The van der Waals surface area contributed by atoms with Crippen LogP contribution in [-0.2, 0) is 26.4 Å². The smallest absolute Gasteiger partial charge is 0.174 e. The molecule has 5 rings (SSSR count). The lowest BCUT2D eigenvalue weighted by molar-refractivity contribution is -0.238. The molecule has 168 valence electrons. The fraction of sp³-hybridized carbons (Fsp3) is 0.609. The maximum absolute atomic E-state index is 10.7. The Hall–Kier alpha value is -1.15. The zero-order chi connectivity index (χ0) is 21.8. The van der Waals surface area contributed by atoms with E-state index in [1.807, 2.05) is 0 Å². The predicted octanol–water partition coefficient (Wildman–Crippen LogP) is 5.32. The lowest BCUT2D eigenvalue weighted by Gasteiger charge is -2.41. The first kappa shape index (κ1) is 21.7. The first-order chi connectivity index (χ1) is 14.8. The molecule has 0 amide bonds. The van der Waals surface area contributed by atoms with Crippen molar-refractivity contribution in [3.63, 3.8) is 0 Å². The number of hydrogen-bond donors (Lipinski definition) is 1. The second kappa shape index (κ2) is 8.01. The van der Waals surface area contributed by atoms with Crippen LogP contribution in [0.25, 0.3) is 11.3 Å². The summed E-state index contributed by atoms with van der Waals surface area (Å²) in [6.45, 7) is 4.92. The Morgan fingerprint density at radius 3 is 2.32 bits per heavy atom. The van der Waals surface area contributed by atoms with Crippen molar-refractivity contribution in [2.75, 3.05) is 13.2 Å². The molecule has 6 nitrogen and oxygen atoms in total. The van der Waals surface area contributed by atoms with Gasteiger partial charge in [-0.3, -0.25) is 0 Å². The molecule has 0 unspecified atom stereocenters. The van der Waals surface area contributed by atoms with Crippen molar-refractivity contribution < 1.29 is 23.8 Å². The minimum Gasteiger partial charge on any atom is -0.382 e. The lowest BCUT2D eigenvalue weighted by Crippen LogP contribution is -2.47. The van der Waals surface area contributed by atoms with Gasteiger partial charge in [-0.25, -0.2) is 0 Å². The number of rotatable bonds is 5. The molecule has 2 aromatic rings. The maximum Gasteiger partial charge on any atom is 0.174 e. The van der Waals surface area contributed by atoms with Crippen molar-refractivity contribution in [2.24, 2.45) is 11.8 Å². The highest BCUT2D eigenvalue weighted by molar-refractivity contribution is 6.39. The van der Waals surface area contributed by atoms with E-state index in [1.165, 1.54) is 0 Å². The molecular weight excluding hydrogens is 441 g/mol. The monoisotopic (exact) mass is 467 g/mol. The Morgan fingerprint density at radius 1 is 1.13 bits per heavy atom. The normalized spacial score (nSPS) is 27.3. The van der Waals surface area contributed by atoms with E-state index in [1.54, 1.807) is 32.0 Å². The molecule has 8 heteroatoms. The van der Waals surface area contributed by atoms with Gasteiger partial charge in [0.1, 0.15) is 11.3 Å². The van der Waals surface area contributed by atoms with Crippen LogP contribution in [0.1, 0.15) is 50.9 Å². The van der Waals surface area contributed by atoms with Crippen LogP contribution in [0, 0.1) is 11.8 Å². The van der Waals surface area contributed by atoms with Gasteiger partial charge in [0.15, 0.2) is 11.5 Å². The molecule has 3 atom stereocenters. The first-order valence-electron chi connectivity index (χ1n) is 10.8. The van der Waals surface area contributed by atoms with Crippen LogP contribution >= 0.6 is 23.2 Å². The summed E-state index contributed by atoms with van der Waals surface area (Å²) in [7, 11) is 0. The number of nitrogens with zero attached hydrogens (tertiary/aromatic N) is 1. The van der Waals surface area contributed by atoms with Gasteiger partial charge in [0.25, 0.3) is 0 Å². The minimum absolute atomic E-state index is 0.0787. The van der Waals surface area contributed by atoms with Gasteiger partial charge in [0.05, 0.1) is 41.5 Å². The molecular formula is C23H27Cl2NO5. The Labute approximate surface area is 191 Å². The summed E-state index contributed by atoms with van der Waals surface area (Å²) >= 11 is 12.9. The van der Waals surface area contributed by atoms with Crippen LogP contribution in [0.3, 0.4) is 0 Å². The molecule has 1 N–H and O–H groups in total. The summed E-state index contributed by atoms with van der Waals surface area (Å²) in [6, 6.07) is 5.29. The van der Waals surface area contributed by atoms with Gasteiger partial charge in [0, 0.05) is 17.4 Å². The van der Waals surface area contributed by atoms with Gasteiger partial charge in [0.2, 0.25) is 0 Å². The summed E-state index contributed by atoms with van der Waals surface area (Å²) in [5.74, 6) is 0.669. The van der Waals surface area contributed by atoms with Crippen molar-refractivity contribution in [3.8, 4) is 11.3 Å². The average molecular weight is 468 g/mol. The van der Waals surface area contributed by atoms with Gasteiger partial charge in [-0.1, -0.05) is 34.4 Å². The highest BCUT2D eigenvalue weighted by Crippen LogP contribution is 2.54. The summed E-state index contributed by atoms with van der Waals surface area (Å²) in [5.41, 5.74) is 0.534. The van der Waals surface area contributed by atoms with E-state index in [4.69, 9.17) is 41.9 Å². The number of benzene rings is 1. The van der Waals surface area contributed by atoms with E-state index < -0.39 is 11.4 Å². The third kappa shape index (κ3) is 3.71. The highest BCUT2D eigenvalue weighted by Gasteiger charge is 2.58. The van der Waals surface area contributed by atoms with Gasteiger partial charge in [-0.05, 0) is 51.7 Å². The molecule has 1 aliphatic heterocycles. The quantitative estimate of drug-likeness (QED) is 0.640. The average Bonchev–Trinajstić information content (AvgIpc) is 3.39. The van der Waals surface area contributed by atoms with E-state index in [0.717, 1.165) is 25.7 Å². The van der Waals surface area contributed by atoms with Crippen LogP contribution < -0.4 is 0 Å². The Morgan fingerprint density at radius 2 is 1.74 bits per heavy atom. The second-order valence-electron chi connectivity index (χ2n) is 9.29. The van der Waals surface area contributed by atoms with Crippen LogP contribution in [0.4, 0.5) is 0 Å². The van der Waals surface area contributed by atoms with Crippen molar-refractivity contribution in [2.45, 2.75) is 63.6 Å². The molecule has 2 heterocycles. The largest absolute Gasteiger partial charge is 0.382 e. The van der Waals surface area contributed by atoms with Crippen LogP contribution in [0.2, 0.25) is 10.0 Å². The van der Waals surface area contributed by atoms with Gasteiger partial charge >= 0.3 is 0 Å². The minimum atomic E-state index is -1.22. The molecule has 1 spiro atoms. The lowest BCUT2D eigenvalue weighted by atomic mass is 9.81. The van der Waals surface area contributed by atoms with E-state index >= 15 is 0 Å². The molecule has 1 saturated heterocycles. The maximum atomic E-state index is 10.7. The van der Waals surface area contributed by atoms with Crippen molar-refractivity contribution in [1.29, 1.82) is 0 Å². The zero-order valence-corrected chi connectivity index (χ0v) is 19.2. The Balaban J connectivity index is 1.40. The standard InChI is InChI=1S/C23H27Cl2NO5/c1-22(2,27)21-16(20(26-31-21)19-17(24)4-3-5-18(19)25)12-28-15-10-13-6-7-14(11-15)23(13)29-8-9-30-23/h3-5,13-15,27H,6-12H2,1-2H3/t13-,14+,15+. The molecule has 1 aromatic carbocycles. The third-order valence-corrected chi connectivity index (χ3v) is 7.47. The molecule has 2 saturated carbocycles. The van der Waals surface area contributed by atoms with Crippen molar-refractivity contribution >= 4 is 23.2 Å². The third-order valence-electron chi connectivity index (χ3n) is 6.84. The molecule has 3 fully saturated rings. The van der Waals surface area contributed by atoms with Gasteiger partial charge in [-0.15, -0.1) is 0 Å². The summed E-state index contributed by atoms with van der Waals surface area (Å²) in [5, 5.41) is 15.8. The number of aliphatic hydroxyl groups is 1. The van der Waals surface area contributed by atoms with Gasteiger partial charge in [-0.2, -0.15) is 0 Å². The van der Waals surface area contributed by atoms with E-state index in [2.05, 4.69) is 5.16 Å². The topological polar surface area (TPSA) is 74.0 Å². The Bertz CT molecular complexity index is 927. The van der Waals surface area contributed by atoms with Crippen molar-refractivity contribution in [3.05, 3.63) is 39.6 Å². The van der Waals surface area contributed by atoms with E-state index in [-0.39, 0.29) is 12.7 Å². The molecule has 0 radical (unpaired) electrons. The molecule has 1 aromatic heterocycles. The summed E-state index contributed by atoms with van der Waals surface area (Å²) in [6.07, 6.45) is 4.07. The SMILES string of the molecule is CC(C)(O)c1onc(-c2c(Cl)cccc2Cl)c1CO[C@H]1C[C@H]2CC[C@@H](C1)C21OCCO1.